The van der Waals surface area contributed by atoms with Gasteiger partial charge in [0, 0.05) is 19.4 Å². The molecule has 0 aromatic heterocycles. The molecule has 0 aliphatic carbocycles. The van der Waals surface area contributed by atoms with Gasteiger partial charge in [-0.05, 0) is 103 Å². The maximum absolute atomic E-state index is 12.7. The molecule has 0 bridgehead atoms. The van der Waals surface area contributed by atoms with E-state index >= 15 is 0 Å². The molecule has 10 heteroatoms. The summed E-state index contributed by atoms with van der Waals surface area (Å²) in [5, 5.41) is 0. The number of carbonyl (C=O) groups is 2. The van der Waals surface area contributed by atoms with Crippen molar-refractivity contribution in [1.82, 2.24) is 0 Å². The third-order valence-electron chi connectivity index (χ3n) is 12.5. The van der Waals surface area contributed by atoms with Crippen molar-refractivity contribution in [1.29, 1.82) is 0 Å². The second-order valence-corrected chi connectivity index (χ2v) is 21.3. The number of ether oxygens (including phenoxy) is 2. The van der Waals surface area contributed by atoms with Crippen LogP contribution in [-0.2, 0) is 32.7 Å². The Morgan fingerprint density at radius 3 is 1.05 bits per heavy atom. The van der Waals surface area contributed by atoms with Gasteiger partial charge in [0.05, 0.1) is 13.2 Å². The van der Waals surface area contributed by atoms with E-state index in [9.17, 15) is 19.0 Å². The monoisotopic (exact) mass is 1100 g/mol. The van der Waals surface area contributed by atoms with Crippen molar-refractivity contribution in [2.45, 2.75) is 245 Å². The molecule has 0 spiro atoms. The lowest BCUT2D eigenvalue weighted by atomic mass is 10.0. The number of nitrogens with two attached hydrogens (primary N) is 1. The zero-order valence-corrected chi connectivity index (χ0v) is 50.2. The molecule has 0 saturated carbocycles. The van der Waals surface area contributed by atoms with Gasteiger partial charge >= 0.3 is 19.8 Å². The first-order chi connectivity index (χ1) is 38.3. The molecule has 0 amide bonds. The Balaban J connectivity index is 4.04. The maximum atomic E-state index is 12.7. The molecule has 0 saturated heterocycles. The van der Waals surface area contributed by atoms with E-state index in [1.165, 1.54) is 83.5 Å². The fraction of sp³-hybridized carbons (Fsp3) is 0.618. The minimum atomic E-state index is -4.40. The minimum Gasteiger partial charge on any atom is -0.462 e. The van der Waals surface area contributed by atoms with Gasteiger partial charge in [0.25, 0.3) is 0 Å². The minimum absolute atomic E-state index is 0.0430. The van der Waals surface area contributed by atoms with Gasteiger partial charge in [0.15, 0.2) is 6.10 Å². The van der Waals surface area contributed by atoms with E-state index < -0.39 is 32.5 Å². The van der Waals surface area contributed by atoms with Crippen molar-refractivity contribution in [2.24, 2.45) is 5.73 Å². The Kier molecular flexibility index (Phi) is 58.8. The first kappa shape index (κ1) is 73.9. The van der Waals surface area contributed by atoms with Gasteiger partial charge in [0.2, 0.25) is 0 Å². The topological polar surface area (TPSA) is 134 Å². The van der Waals surface area contributed by atoms with Crippen LogP contribution in [0.4, 0.5) is 0 Å². The zero-order valence-electron chi connectivity index (χ0n) is 49.3. The zero-order chi connectivity index (χ0) is 56.6. The maximum Gasteiger partial charge on any atom is 0.472 e. The molecule has 9 nitrogen and oxygen atoms in total. The second kappa shape index (κ2) is 62.1. The highest BCUT2D eigenvalue weighted by Crippen LogP contribution is 2.43. The van der Waals surface area contributed by atoms with Crippen LogP contribution in [0, 0.1) is 0 Å². The van der Waals surface area contributed by atoms with Gasteiger partial charge < -0.3 is 20.1 Å². The van der Waals surface area contributed by atoms with Gasteiger partial charge in [-0.25, -0.2) is 4.57 Å². The lowest BCUT2D eigenvalue weighted by Crippen LogP contribution is -2.29. The molecule has 0 radical (unpaired) electrons. The SMILES string of the molecule is CC/C=C\C/C=C\C/C=C\C/C=C\C/C=C\C/C=C\C/C=C\C/C=C\C/C=C\C/C=C\C/C=C\C/C=C\CCCCCCC(=O)OC(COC(=O)CCCCCCCCCCCCCCCCCC)COP(=O)(O)OCCN. The predicted molar refractivity (Wildman–Crippen MR) is 334 cm³/mol. The fourth-order valence-electron chi connectivity index (χ4n) is 7.97. The third-order valence-corrected chi connectivity index (χ3v) is 13.5. The summed E-state index contributed by atoms with van der Waals surface area (Å²) in [7, 11) is -4.40. The molecule has 2 atom stereocenters. The molecular weight excluding hydrogens is 990 g/mol. The van der Waals surface area contributed by atoms with E-state index in [1.807, 2.05) is 0 Å². The number of phosphoric acid groups is 1. The standard InChI is InChI=1S/C68H112NO8P/c1-3-5-7-9-11-13-15-17-19-21-22-23-24-25-26-27-28-29-30-31-32-33-34-35-36-37-38-39-40-41-42-43-44-45-47-49-51-53-55-57-59-61-68(71)77-66(65-76-78(72,73)75-63-62-69)64-74-67(70)60-58-56-54-52-50-48-46-20-18-16-14-12-10-8-6-4-2/h5,7,11,13,17,19,22-23,25-26,28-29,31-32,34-35,37-38,40-41,43-44,47,49,66H,3-4,6,8-10,12,14-16,18,20-21,24,27,30,33,36,39,42,45-46,48,50-65,69H2,1-2H3,(H,72,73)/b7-5-,13-11-,19-17-,23-22-,26-25-,29-28-,32-31-,35-34-,38-37-,41-40-,44-43-,49-47-. The molecule has 0 aromatic carbocycles. The van der Waals surface area contributed by atoms with Gasteiger partial charge in [-0.2, -0.15) is 0 Å². The number of esters is 2. The molecule has 0 fully saturated rings. The van der Waals surface area contributed by atoms with Crippen molar-refractivity contribution < 1.29 is 37.6 Å². The molecule has 0 aromatic rings. The van der Waals surface area contributed by atoms with Crippen LogP contribution in [0.2, 0.25) is 0 Å². The van der Waals surface area contributed by atoms with Crippen molar-refractivity contribution in [3.63, 3.8) is 0 Å². The van der Waals surface area contributed by atoms with Crippen molar-refractivity contribution in [3.8, 4) is 0 Å². The first-order valence-electron chi connectivity index (χ1n) is 30.8. The fourth-order valence-corrected chi connectivity index (χ4v) is 8.74. The molecular formula is C68H112NO8P. The summed E-state index contributed by atoms with van der Waals surface area (Å²) in [5.41, 5.74) is 5.38. The summed E-state index contributed by atoms with van der Waals surface area (Å²) in [6.45, 7) is 3.59. The number of carbonyl (C=O) groups excluding carboxylic acids is 2. The number of hydrogen-bond donors (Lipinski definition) is 2. The Bertz CT molecular complexity index is 1780. The van der Waals surface area contributed by atoms with Gasteiger partial charge in [0.1, 0.15) is 6.61 Å². The van der Waals surface area contributed by atoms with Crippen molar-refractivity contribution in [2.75, 3.05) is 26.4 Å². The number of phosphoric ester groups is 1. The van der Waals surface area contributed by atoms with Crippen LogP contribution >= 0.6 is 7.82 Å². The van der Waals surface area contributed by atoms with Crippen LogP contribution < -0.4 is 5.73 Å². The number of unbranched alkanes of at least 4 members (excludes halogenated alkanes) is 19. The highest BCUT2D eigenvalue weighted by molar-refractivity contribution is 7.47. The summed E-state index contributed by atoms with van der Waals surface area (Å²) >= 11 is 0. The summed E-state index contributed by atoms with van der Waals surface area (Å²) < 4.78 is 33.0. The highest BCUT2D eigenvalue weighted by atomic mass is 31.2. The molecule has 2 unspecified atom stereocenters. The lowest BCUT2D eigenvalue weighted by Gasteiger charge is -2.19. The molecule has 442 valence electrons. The summed E-state index contributed by atoms with van der Waals surface area (Å²) in [6, 6.07) is 0. The van der Waals surface area contributed by atoms with Gasteiger partial charge in [-0.15, -0.1) is 0 Å². The number of rotatable bonds is 56. The molecule has 0 aliphatic heterocycles. The average Bonchev–Trinajstić information content (AvgIpc) is 3.43. The van der Waals surface area contributed by atoms with Crippen LogP contribution in [0.25, 0.3) is 0 Å². The van der Waals surface area contributed by atoms with E-state index in [4.69, 9.17) is 24.3 Å². The van der Waals surface area contributed by atoms with Crippen LogP contribution in [-0.4, -0.2) is 49.3 Å². The van der Waals surface area contributed by atoms with Gasteiger partial charge in [-0.1, -0.05) is 269 Å². The van der Waals surface area contributed by atoms with E-state index in [1.54, 1.807) is 0 Å². The van der Waals surface area contributed by atoms with Crippen LogP contribution in [0.3, 0.4) is 0 Å². The number of hydrogen-bond acceptors (Lipinski definition) is 8. The molecule has 78 heavy (non-hydrogen) atoms. The first-order valence-corrected chi connectivity index (χ1v) is 32.3. The second-order valence-electron chi connectivity index (χ2n) is 19.8. The molecule has 0 heterocycles. The summed E-state index contributed by atoms with van der Waals surface area (Å²) in [4.78, 5) is 35.2. The van der Waals surface area contributed by atoms with Crippen LogP contribution in [0.15, 0.2) is 146 Å². The van der Waals surface area contributed by atoms with E-state index in [-0.39, 0.29) is 32.6 Å². The average molecular weight is 1100 g/mol. The quantitative estimate of drug-likeness (QED) is 0.0264. The molecule has 0 aliphatic rings. The largest absolute Gasteiger partial charge is 0.472 e. The van der Waals surface area contributed by atoms with Crippen LogP contribution in [0.1, 0.15) is 239 Å². The normalized spacial score (nSPS) is 14.1. The smallest absolute Gasteiger partial charge is 0.462 e. The van der Waals surface area contributed by atoms with Crippen LogP contribution in [0.5, 0.6) is 0 Å². The molecule has 3 N–H and O–H groups in total. The van der Waals surface area contributed by atoms with Crippen molar-refractivity contribution >= 4 is 19.8 Å². The Labute approximate surface area is 477 Å². The number of allylic oxidation sites excluding steroid dienone is 24. The summed E-state index contributed by atoms with van der Waals surface area (Å²) in [6.07, 6.45) is 89.1. The van der Waals surface area contributed by atoms with Gasteiger partial charge in [-0.3, -0.25) is 18.6 Å². The third kappa shape index (κ3) is 61.1. The van der Waals surface area contributed by atoms with E-state index in [2.05, 4.69) is 160 Å². The Morgan fingerprint density at radius 1 is 0.397 bits per heavy atom. The summed E-state index contributed by atoms with van der Waals surface area (Å²) in [5.74, 6) is -0.861. The highest BCUT2D eigenvalue weighted by Gasteiger charge is 2.26. The molecule has 0 rings (SSSR count). The predicted octanol–water partition coefficient (Wildman–Crippen LogP) is 19.9. The van der Waals surface area contributed by atoms with Crippen molar-refractivity contribution in [3.05, 3.63) is 146 Å². The lowest BCUT2D eigenvalue weighted by molar-refractivity contribution is -0.161. The van der Waals surface area contributed by atoms with E-state index in [0.29, 0.717) is 6.42 Å². The Hall–Kier alpha value is -4.11. The Morgan fingerprint density at radius 2 is 0.705 bits per heavy atom. The van der Waals surface area contributed by atoms with E-state index in [0.717, 1.165) is 122 Å².